The number of aromatic nitrogens is 2. The molecule has 8 heteroatoms. The number of halogens is 1. The summed E-state index contributed by atoms with van der Waals surface area (Å²) >= 11 is 1.36. The third-order valence-corrected chi connectivity index (χ3v) is 6.62. The Labute approximate surface area is 188 Å². The molecule has 164 valence electrons. The summed E-state index contributed by atoms with van der Waals surface area (Å²) in [6.07, 6.45) is 1.54. The Morgan fingerprint density at radius 1 is 1.06 bits per heavy atom. The molecule has 0 bridgehead atoms. The van der Waals surface area contributed by atoms with E-state index in [2.05, 4.69) is 9.88 Å². The number of hydrogen-bond acceptors (Lipinski definition) is 6. The van der Waals surface area contributed by atoms with Gasteiger partial charge in [-0.25, -0.2) is 9.37 Å². The monoisotopic (exact) mass is 451 g/mol. The first kappa shape index (κ1) is 20.8. The highest BCUT2D eigenvalue weighted by molar-refractivity contribution is 7.22. The van der Waals surface area contributed by atoms with E-state index in [4.69, 9.17) is 9.47 Å². The summed E-state index contributed by atoms with van der Waals surface area (Å²) < 4.78 is 26.5. The zero-order chi connectivity index (χ0) is 21.9. The Kier molecular flexibility index (Phi) is 5.98. The number of thiophene rings is 1. The van der Waals surface area contributed by atoms with Gasteiger partial charge in [-0.1, -0.05) is 12.1 Å². The lowest BCUT2D eigenvalue weighted by molar-refractivity contribution is 0.0322. The molecule has 0 aliphatic carbocycles. The minimum absolute atomic E-state index is 0.130. The van der Waals surface area contributed by atoms with Gasteiger partial charge >= 0.3 is 0 Å². The Morgan fingerprint density at radius 3 is 2.56 bits per heavy atom. The van der Waals surface area contributed by atoms with Crippen LogP contribution in [-0.4, -0.2) is 53.9 Å². The topological polar surface area (TPSA) is 56.6 Å². The average molecular weight is 452 g/mol. The minimum Gasteiger partial charge on any atom is -0.492 e. The van der Waals surface area contributed by atoms with Crippen LogP contribution in [0.1, 0.15) is 0 Å². The first-order valence-electron chi connectivity index (χ1n) is 10.5. The van der Waals surface area contributed by atoms with Crippen molar-refractivity contribution in [3.8, 4) is 21.9 Å². The molecule has 3 heterocycles. The van der Waals surface area contributed by atoms with Crippen molar-refractivity contribution in [1.29, 1.82) is 0 Å². The van der Waals surface area contributed by atoms with Crippen LogP contribution < -0.4 is 10.3 Å². The van der Waals surface area contributed by atoms with E-state index in [-0.39, 0.29) is 11.4 Å². The number of nitrogens with zero attached hydrogens (tertiary/aromatic N) is 3. The molecule has 1 saturated heterocycles. The molecule has 4 aromatic rings. The number of rotatable bonds is 6. The average Bonchev–Trinajstić information content (AvgIpc) is 3.27. The quantitative estimate of drug-likeness (QED) is 0.444. The maximum Gasteiger partial charge on any atom is 0.275 e. The van der Waals surface area contributed by atoms with Gasteiger partial charge in [0.2, 0.25) is 0 Å². The van der Waals surface area contributed by atoms with Gasteiger partial charge in [0, 0.05) is 24.5 Å². The predicted octanol–water partition coefficient (Wildman–Crippen LogP) is 3.96. The highest BCUT2D eigenvalue weighted by Crippen LogP contribution is 2.31. The molecule has 0 spiro atoms. The molecule has 1 aliphatic heterocycles. The molecule has 5 rings (SSSR count). The minimum atomic E-state index is -0.288. The van der Waals surface area contributed by atoms with Gasteiger partial charge in [0.05, 0.1) is 24.4 Å². The second-order valence-electron chi connectivity index (χ2n) is 7.55. The number of hydrogen-bond donors (Lipinski definition) is 0. The summed E-state index contributed by atoms with van der Waals surface area (Å²) in [6, 6.07) is 15.5. The lowest BCUT2D eigenvalue weighted by atomic mass is 10.2. The van der Waals surface area contributed by atoms with E-state index in [0.717, 1.165) is 54.7 Å². The second kappa shape index (κ2) is 9.20. The van der Waals surface area contributed by atoms with Gasteiger partial charge in [-0.15, -0.1) is 11.3 Å². The maximum absolute atomic E-state index is 13.2. The molecule has 0 unspecified atom stereocenters. The molecular formula is C24H22FN3O3S. The van der Waals surface area contributed by atoms with Crippen molar-refractivity contribution in [2.75, 3.05) is 39.5 Å². The Balaban J connectivity index is 1.32. The first-order chi connectivity index (χ1) is 15.7. The second-order valence-corrected chi connectivity index (χ2v) is 8.60. The summed E-state index contributed by atoms with van der Waals surface area (Å²) in [5.74, 6) is 0.475. The molecular weight excluding hydrogens is 429 g/mol. The summed E-state index contributed by atoms with van der Waals surface area (Å²) in [6.45, 7) is 4.89. The number of morpholine rings is 1. The van der Waals surface area contributed by atoms with E-state index in [0.29, 0.717) is 16.8 Å². The van der Waals surface area contributed by atoms with Crippen molar-refractivity contribution in [3.05, 3.63) is 77.1 Å². The fraction of sp³-hybridized carbons (Fsp3) is 0.250. The molecule has 0 amide bonds. The molecule has 2 aromatic carbocycles. The number of benzene rings is 2. The highest BCUT2D eigenvalue weighted by atomic mass is 32.1. The van der Waals surface area contributed by atoms with Crippen LogP contribution in [0.15, 0.2) is 65.7 Å². The van der Waals surface area contributed by atoms with E-state index in [1.54, 1.807) is 18.5 Å². The van der Waals surface area contributed by atoms with Crippen molar-refractivity contribution in [2.24, 2.45) is 0 Å². The maximum atomic E-state index is 13.2. The van der Waals surface area contributed by atoms with Crippen LogP contribution in [0.3, 0.4) is 0 Å². The highest BCUT2D eigenvalue weighted by Gasteiger charge is 2.12. The molecule has 0 atom stereocenters. The Morgan fingerprint density at radius 2 is 1.81 bits per heavy atom. The molecule has 32 heavy (non-hydrogen) atoms. The normalized spacial score (nSPS) is 14.7. The summed E-state index contributed by atoms with van der Waals surface area (Å²) in [7, 11) is 0. The van der Waals surface area contributed by atoms with Crippen molar-refractivity contribution >= 4 is 21.6 Å². The fourth-order valence-corrected chi connectivity index (χ4v) is 4.72. The van der Waals surface area contributed by atoms with E-state index in [9.17, 15) is 9.18 Å². The van der Waals surface area contributed by atoms with Crippen molar-refractivity contribution in [3.63, 3.8) is 0 Å². The summed E-state index contributed by atoms with van der Waals surface area (Å²) in [5.41, 5.74) is 2.09. The van der Waals surface area contributed by atoms with Gasteiger partial charge in [-0.2, -0.15) is 0 Å². The Bertz CT molecular complexity index is 1260. The summed E-state index contributed by atoms with van der Waals surface area (Å²) in [5, 5.41) is 0. The van der Waals surface area contributed by atoms with Gasteiger partial charge in [-0.3, -0.25) is 14.3 Å². The van der Waals surface area contributed by atoms with Crippen LogP contribution >= 0.6 is 11.3 Å². The van der Waals surface area contributed by atoms with Gasteiger partial charge in [0.25, 0.3) is 5.56 Å². The van der Waals surface area contributed by atoms with E-state index in [1.165, 1.54) is 28.0 Å². The molecule has 6 nitrogen and oxygen atoms in total. The van der Waals surface area contributed by atoms with Crippen LogP contribution in [0.4, 0.5) is 4.39 Å². The SMILES string of the molecule is O=c1c2sc(-c3ccc(F)cc3)cc2ncn1-c1ccc(OCCN2CCOCC2)cc1. The first-order valence-corrected chi connectivity index (χ1v) is 11.3. The lowest BCUT2D eigenvalue weighted by Crippen LogP contribution is -2.38. The summed E-state index contributed by atoms with van der Waals surface area (Å²) in [4.78, 5) is 20.7. The van der Waals surface area contributed by atoms with Gasteiger partial charge in [0.1, 0.15) is 29.2 Å². The van der Waals surface area contributed by atoms with Crippen molar-refractivity contribution in [2.45, 2.75) is 0 Å². The fourth-order valence-electron chi connectivity index (χ4n) is 3.67. The molecule has 0 radical (unpaired) electrons. The molecule has 0 N–H and O–H groups in total. The largest absolute Gasteiger partial charge is 0.492 e. The van der Waals surface area contributed by atoms with Gasteiger partial charge in [-0.05, 0) is 48.0 Å². The van der Waals surface area contributed by atoms with E-state index < -0.39 is 0 Å². The lowest BCUT2D eigenvalue weighted by Gasteiger charge is -2.26. The van der Waals surface area contributed by atoms with E-state index >= 15 is 0 Å². The van der Waals surface area contributed by atoms with Crippen LogP contribution in [0.25, 0.3) is 26.3 Å². The third kappa shape index (κ3) is 4.43. The molecule has 1 fully saturated rings. The van der Waals surface area contributed by atoms with Crippen molar-refractivity contribution in [1.82, 2.24) is 14.5 Å². The molecule has 0 saturated carbocycles. The van der Waals surface area contributed by atoms with Crippen LogP contribution in [-0.2, 0) is 4.74 Å². The third-order valence-electron chi connectivity index (χ3n) is 5.46. The zero-order valence-electron chi connectivity index (χ0n) is 17.4. The van der Waals surface area contributed by atoms with Crippen LogP contribution in [0.5, 0.6) is 5.75 Å². The van der Waals surface area contributed by atoms with Crippen LogP contribution in [0.2, 0.25) is 0 Å². The van der Waals surface area contributed by atoms with Gasteiger partial charge in [0.15, 0.2) is 0 Å². The number of ether oxygens (including phenoxy) is 2. The predicted molar refractivity (Wildman–Crippen MR) is 123 cm³/mol. The van der Waals surface area contributed by atoms with Gasteiger partial charge < -0.3 is 9.47 Å². The zero-order valence-corrected chi connectivity index (χ0v) is 18.2. The smallest absolute Gasteiger partial charge is 0.275 e. The molecule has 1 aliphatic rings. The Hall–Kier alpha value is -3.07. The standard InChI is InChI=1S/C24H22FN3O3S/c25-18-3-1-17(2-4-18)22-15-21-23(32-22)24(29)28(16-26-21)19-5-7-20(8-6-19)31-14-11-27-9-12-30-13-10-27/h1-8,15-16H,9-14H2. The van der Waals surface area contributed by atoms with E-state index in [1.807, 2.05) is 30.3 Å². The van der Waals surface area contributed by atoms with Crippen molar-refractivity contribution < 1.29 is 13.9 Å². The van der Waals surface area contributed by atoms with Crippen LogP contribution in [0, 0.1) is 5.82 Å². The molecule has 2 aromatic heterocycles. The number of fused-ring (bicyclic) bond motifs is 1.